The Balaban J connectivity index is 2.46. The van der Waals surface area contributed by atoms with Crippen molar-refractivity contribution < 1.29 is 22.8 Å². The van der Waals surface area contributed by atoms with E-state index in [0.717, 1.165) is 11.3 Å². The molecule has 0 aliphatic carbocycles. The summed E-state index contributed by atoms with van der Waals surface area (Å²) >= 11 is 6.68. The van der Waals surface area contributed by atoms with E-state index in [4.69, 9.17) is 21.2 Å². The monoisotopic (exact) mass is 336 g/mol. The number of thiophene rings is 1. The van der Waals surface area contributed by atoms with Crippen molar-refractivity contribution >= 4 is 44.8 Å². The number of carboxylic acids is 1. The van der Waals surface area contributed by atoms with Crippen LogP contribution in [-0.4, -0.2) is 24.7 Å². The number of nitrogens with zero attached hydrogens (tertiary/aromatic N) is 1. The molecule has 0 saturated carbocycles. The second-order valence-corrected chi connectivity index (χ2v) is 7.16. The molecular weight excluding hydrogens is 328 g/mol. The number of carboxylic acid groups (broad SMARTS) is 1. The normalized spacial score (nSPS) is 11.6. The van der Waals surface area contributed by atoms with E-state index < -0.39 is 16.0 Å². The largest absolute Gasteiger partial charge is 0.477 e. The number of halogens is 1. The molecule has 0 bridgehead atoms. The van der Waals surface area contributed by atoms with Crippen molar-refractivity contribution in [1.82, 2.24) is 5.16 Å². The Bertz CT molecular complexity index is 778. The topological polar surface area (TPSA) is 110 Å². The highest BCUT2D eigenvalue weighted by Gasteiger charge is 2.27. The molecule has 10 heteroatoms. The van der Waals surface area contributed by atoms with Gasteiger partial charge in [-0.25, -0.2) is 17.9 Å². The molecule has 0 aliphatic rings. The Hall–Kier alpha value is -1.58. The molecule has 108 valence electrons. The van der Waals surface area contributed by atoms with Crippen molar-refractivity contribution in [2.75, 3.05) is 4.72 Å². The van der Waals surface area contributed by atoms with E-state index in [1.807, 2.05) is 0 Å². The highest BCUT2D eigenvalue weighted by molar-refractivity contribution is 7.93. The molecule has 2 aromatic rings. The van der Waals surface area contributed by atoms with Gasteiger partial charge in [-0.2, -0.15) is 0 Å². The summed E-state index contributed by atoms with van der Waals surface area (Å²) in [6, 6.07) is 1.27. The lowest BCUT2D eigenvalue weighted by molar-refractivity contribution is 0.0698. The first-order chi connectivity index (χ1) is 9.22. The lowest BCUT2D eigenvalue weighted by Gasteiger charge is -2.04. The standard InChI is InChI=1S/C10H9ClN2O5S2/c1-4-3-6(8(19-4)10(14)15)20(16,17)13-9-7(11)5(2)12-18-9/h3,13H,1-2H3,(H,14,15). The van der Waals surface area contributed by atoms with E-state index in [2.05, 4.69) is 9.88 Å². The summed E-state index contributed by atoms with van der Waals surface area (Å²) in [5, 5.41) is 12.6. The van der Waals surface area contributed by atoms with Crippen LogP contribution in [0.25, 0.3) is 0 Å². The quantitative estimate of drug-likeness (QED) is 0.887. The van der Waals surface area contributed by atoms with Gasteiger partial charge in [0.05, 0.1) is 0 Å². The number of hydrogen-bond donors (Lipinski definition) is 2. The van der Waals surface area contributed by atoms with Crippen molar-refractivity contribution in [1.29, 1.82) is 0 Å². The van der Waals surface area contributed by atoms with E-state index in [9.17, 15) is 13.2 Å². The number of rotatable bonds is 4. The number of aromatic nitrogens is 1. The Kier molecular flexibility index (Phi) is 3.76. The van der Waals surface area contributed by atoms with Gasteiger partial charge in [0.15, 0.2) is 0 Å². The minimum atomic E-state index is -4.12. The molecule has 0 radical (unpaired) electrons. The van der Waals surface area contributed by atoms with Crippen LogP contribution >= 0.6 is 22.9 Å². The molecule has 0 aliphatic heterocycles. The molecule has 0 amide bonds. The van der Waals surface area contributed by atoms with Gasteiger partial charge in [0.2, 0.25) is 0 Å². The van der Waals surface area contributed by atoms with Gasteiger partial charge in [0, 0.05) is 4.88 Å². The van der Waals surface area contributed by atoms with Crippen LogP contribution in [0.3, 0.4) is 0 Å². The van der Waals surface area contributed by atoms with Gasteiger partial charge in [0.1, 0.15) is 20.5 Å². The molecule has 0 aromatic carbocycles. The van der Waals surface area contributed by atoms with Crippen molar-refractivity contribution in [3.8, 4) is 0 Å². The third kappa shape index (κ3) is 2.65. The highest BCUT2D eigenvalue weighted by Crippen LogP contribution is 2.31. The van der Waals surface area contributed by atoms with Crippen LogP contribution in [0.4, 0.5) is 5.88 Å². The highest BCUT2D eigenvalue weighted by atomic mass is 35.5. The van der Waals surface area contributed by atoms with Crippen LogP contribution in [0.15, 0.2) is 15.5 Å². The van der Waals surface area contributed by atoms with E-state index >= 15 is 0 Å². The van der Waals surface area contributed by atoms with Gasteiger partial charge in [-0.15, -0.1) is 11.3 Å². The van der Waals surface area contributed by atoms with E-state index in [0.29, 0.717) is 10.6 Å². The molecule has 0 unspecified atom stereocenters. The van der Waals surface area contributed by atoms with Crippen LogP contribution in [0.2, 0.25) is 5.02 Å². The van der Waals surface area contributed by atoms with Crippen LogP contribution in [0, 0.1) is 13.8 Å². The zero-order valence-corrected chi connectivity index (χ0v) is 12.7. The summed E-state index contributed by atoms with van der Waals surface area (Å²) in [6.45, 7) is 3.16. The predicted molar refractivity (Wildman–Crippen MR) is 73.1 cm³/mol. The molecule has 2 rings (SSSR count). The average molecular weight is 337 g/mol. The maximum atomic E-state index is 12.2. The van der Waals surface area contributed by atoms with Crippen LogP contribution in [0.5, 0.6) is 0 Å². The molecule has 20 heavy (non-hydrogen) atoms. The number of hydrogen-bond acceptors (Lipinski definition) is 6. The molecule has 0 fully saturated rings. The number of aryl methyl sites for hydroxylation is 2. The third-order valence-electron chi connectivity index (χ3n) is 2.32. The zero-order valence-electron chi connectivity index (χ0n) is 10.3. The minimum Gasteiger partial charge on any atom is -0.477 e. The Labute approximate surface area is 123 Å². The third-order valence-corrected chi connectivity index (χ3v) is 5.29. The summed E-state index contributed by atoms with van der Waals surface area (Å²) in [5.74, 6) is -1.56. The summed E-state index contributed by atoms with van der Waals surface area (Å²) < 4.78 is 31.2. The summed E-state index contributed by atoms with van der Waals surface area (Å²) in [7, 11) is -4.12. The lowest BCUT2D eigenvalue weighted by atomic mass is 10.4. The Morgan fingerprint density at radius 1 is 1.50 bits per heavy atom. The SMILES string of the molecule is Cc1cc(S(=O)(=O)Nc2onc(C)c2Cl)c(C(=O)O)s1. The van der Waals surface area contributed by atoms with E-state index in [1.54, 1.807) is 13.8 Å². The molecule has 0 saturated heterocycles. The first kappa shape index (κ1) is 14.8. The number of carbonyl (C=O) groups is 1. The van der Waals surface area contributed by atoms with Crippen LogP contribution in [-0.2, 0) is 10.0 Å². The fourth-order valence-electron chi connectivity index (χ4n) is 1.44. The second-order valence-electron chi connectivity index (χ2n) is 3.87. The summed E-state index contributed by atoms with van der Waals surface area (Å²) in [4.78, 5) is 11.0. The number of aromatic carboxylic acids is 1. The van der Waals surface area contributed by atoms with Crippen molar-refractivity contribution in [3.05, 3.63) is 26.5 Å². The van der Waals surface area contributed by atoms with Crippen LogP contribution < -0.4 is 4.72 Å². The van der Waals surface area contributed by atoms with Gasteiger partial charge in [-0.1, -0.05) is 16.8 Å². The van der Waals surface area contributed by atoms with Crippen LogP contribution in [0.1, 0.15) is 20.2 Å². The maximum absolute atomic E-state index is 12.2. The van der Waals surface area contributed by atoms with Gasteiger partial charge in [-0.05, 0) is 19.9 Å². The fourth-order valence-corrected chi connectivity index (χ4v) is 4.04. The van der Waals surface area contributed by atoms with Gasteiger partial charge >= 0.3 is 5.97 Å². The molecule has 7 nitrogen and oxygen atoms in total. The maximum Gasteiger partial charge on any atom is 0.347 e. The zero-order chi connectivity index (χ0) is 15.1. The summed E-state index contributed by atoms with van der Waals surface area (Å²) in [5.41, 5.74) is 0.323. The molecule has 2 N–H and O–H groups in total. The number of sulfonamides is 1. The molecular formula is C10H9ClN2O5S2. The van der Waals surface area contributed by atoms with Crippen molar-refractivity contribution in [3.63, 3.8) is 0 Å². The minimum absolute atomic E-state index is 0.0254. The average Bonchev–Trinajstić information content (AvgIpc) is 2.88. The molecule has 0 atom stereocenters. The van der Waals surface area contributed by atoms with E-state index in [1.165, 1.54) is 6.07 Å². The Morgan fingerprint density at radius 2 is 2.15 bits per heavy atom. The van der Waals surface area contributed by atoms with Crippen molar-refractivity contribution in [2.45, 2.75) is 18.7 Å². The second kappa shape index (κ2) is 5.08. The fraction of sp³-hybridized carbons (Fsp3) is 0.200. The van der Waals surface area contributed by atoms with Crippen molar-refractivity contribution in [2.24, 2.45) is 0 Å². The first-order valence-corrected chi connectivity index (χ1v) is 7.88. The van der Waals surface area contributed by atoms with E-state index in [-0.39, 0.29) is 20.7 Å². The lowest BCUT2D eigenvalue weighted by Crippen LogP contribution is -2.15. The molecule has 2 aromatic heterocycles. The van der Waals surface area contributed by atoms with Gasteiger partial charge in [0.25, 0.3) is 15.9 Å². The Morgan fingerprint density at radius 3 is 2.65 bits per heavy atom. The number of nitrogens with one attached hydrogen (secondary N) is 1. The number of anilines is 1. The summed E-state index contributed by atoms with van der Waals surface area (Å²) in [6.07, 6.45) is 0. The molecule has 2 heterocycles. The van der Waals surface area contributed by atoms with Gasteiger partial charge in [-0.3, -0.25) is 0 Å². The predicted octanol–water partition coefficient (Wildman–Crippen LogP) is 2.51. The van der Waals surface area contributed by atoms with Gasteiger partial charge < -0.3 is 9.63 Å². The first-order valence-electron chi connectivity index (χ1n) is 5.20. The molecule has 0 spiro atoms. The smallest absolute Gasteiger partial charge is 0.347 e.